The summed E-state index contributed by atoms with van der Waals surface area (Å²) in [5.74, 6) is 0.435. The van der Waals surface area contributed by atoms with Gasteiger partial charge in [-0.15, -0.1) is 0 Å². The Balaban J connectivity index is 2.41. The molecular formula is C16H19BrO5S. The number of thioether (sulfide) groups is 1. The number of Topliss-reactive ketones (excluding diaryl/α,β-unsaturated/α-hetero) is 1. The van der Waals surface area contributed by atoms with E-state index in [1.807, 2.05) is 0 Å². The highest BCUT2D eigenvalue weighted by Gasteiger charge is 2.49. The van der Waals surface area contributed by atoms with Crippen LogP contribution in [0.3, 0.4) is 0 Å². The Labute approximate surface area is 148 Å². The monoisotopic (exact) mass is 402 g/mol. The minimum atomic E-state index is -1.27. The third-order valence-corrected chi connectivity index (χ3v) is 5.72. The summed E-state index contributed by atoms with van der Waals surface area (Å²) in [4.78, 5) is 25.8. The molecule has 0 aliphatic carbocycles. The number of hydrogen-bond donors (Lipinski definition) is 0. The molecule has 7 heteroatoms. The van der Waals surface area contributed by atoms with E-state index < -0.39 is 10.7 Å². The third kappa shape index (κ3) is 3.83. The smallest absolute Gasteiger partial charge is 0.330 e. The number of esters is 1. The average molecular weight is 403 g/mol. The number of alkyl halides is 1. The Morgan fingerprint density at radius 2 is 2.17 bits per heavy atom. The lowest BCUT2D eigenvalue weighted by atomic mass is 9.96. The van der Waals surface area contributed by atoms with Crippen molar-refractivity contribution in [1.82, 2.24) is 0 Å². The molecular weight excluding hydrogens is 384 g/mol. The van der Waals surface area contributed by atoms with Crippen LogP contribution in [0.1, 0.15) is 19.3 Å². The first-order chi connectivity index (χ1) is 11.1. The van der Waals surface area contributed by atoms with E-state index in [2.05, 4.69) is 15.9 Å². The van der Waals surface area contributed by atoms with Gasteiger partial charge in [0, 0.05) is 5.33 Å². The minimum absolute atomic E-state index is 0.143. The molecule has 0 saturated heterocycles. The number of unbranched alkanes of at least 4 members (excludes halogenated alkanes) is 1. The number of halogens is 1. The van der Waals surface area contributed by atoms with Crippen LogP contribution in [0.15, 0.2) is 23.1 Å². The Morgan fingerprint density at radius 3 is 2.83 bits per heavy atom. The second-order valence-corrected chi connectivity index (χ2v) is 7.23. The molecule has 0 saturated carbocycles. The molecule has 1 heterocycles. The van der Waals surface area contributed by atoms with Crippen molar-refractivity contribution in [3.8, 4) is 11.5 Å². The van der Waals surface area contributed by atoms with Crippen molar-refractivity contribution in [2.24, 2.45) is 0 Å². The first-order valence-corrected chi connectivity index (χ1v) is 9.18. The maximum Gasteiger partial charge on any atom is 0.330 e. The van der Waals surface area contributed by atoms with Crippen molar-refractivity contribution in [2.45, 2.75) is 28.9 Å². The molecule has 1 aromatic rings. The van der Waals surface area contributed by atoms with Gasteiger partial charge in [0.15, 0.2) is 10.5 Å². The summed E-state index contributed by atoms with van der Waals surface area (Å²) in [7, 11) is 2.87. The molecule has 0 bridgehead atoms. The van der Waals surface area contributed by atoms with Gasteiger partial charge < -0.3 is 14.2 Å². The van der Waals surface area contributed by atoms with Crippen LogP contribution in [0.5, 0.6) is 11.5 Å². The van der Waals surface area contributed by atoms with E-state index in [1.54, 1.807) is 25.3 Å². The molecule has 5 nitrogen and oxygen atoms in total. The van der Waals surface area contributed by atoms with E-state index in [-0.39, 0.29) is 12.4 Å². The average Bonchev–Trinajstić information content (AvgIpc) is 2.71. The molecule has 1 aromatic carbocycles. The Bertz CT molecular complexity index is 592. The first-order valence-electron chi connectivity index (χ1n) is 7.25. The van der Waals surface area contributed by atoms with E-state index in [0.29, 0.717) is 22.8 Å². The van der Waals surface area contributed by atoms with E-state index in [1.165, 1.54) is 18.9 Å². The number of ketones is 1. The number of carbonyl (C=O) groups is 2. The second-order valence-electron chi connectivity index (χ2n) is 5.09. The lowest BCUT2D eigenvalue weighted by Gasteiger charge is -2.26. The second kappa shape index (κ2) is 8.06. The fraction of sp³-hybridized carbons (Fsp3) is 0.500. The summed E-state index contributed by atoms with van der Waals surface area (Å²) < 4.78 is 14.5. The van der Waals surface area contributed by atoms with Crippen LogP contribution in [0.25, 0.3) is 0 Å². The van der Waals surface area contributed by atoms with Gasteiger partial charge in [-0.05, 0) is 31.0 Å². The molecule has 1 unspecified atom stereocenters. The number of benzene rings is 1. The summed E-state index contributed by atoms with van der Waals surface area (Å²) in [6, 6.07) is 5.29. The SMILES string of the molecule is COC(=O)C1(CCCCBr)Sc2cc(OC)ccc2OCC1=O. The zero-order valence-electron chi connectivity index (χ0n) is 13.1. The quantitative estimate of drug-likeness (QED) is 0.315. The van der Waals surface area contributed by atoms with Gasteiger partial charge in [-0.25, -0.2) is 0 Å². The predicted molar refractivity (Wildman–Crippen MR) is 91.7 cm³/mol. The van der Waals surface area contributed by atoms with Gasteiger partial charge in [0.25, 0.3) is 0 Å². The highest BCUT2D eigenvalue weighted by Crippen LogP contribution is 2.46. The lowest BCUT2D eigenvalue weighted by Crippen LogP contribution is -2.46. The topological polar surface area (TPSA) is 61.8 Å². The lowest BCUT2D eigenvalue weighted by molar-refractivity contribution is -0.147. The number of ether oxygens (including phenoxy) is 3. The molecule has 0 aromatic heterocycles. The highest BCUT2D eigenvalue weighted by atomic mass is 79.9. The summed E-state index contributed by atoms with van der Waals surface area (Å²) in [6.45, 7) is -0.143. The largest absolute Gasteiger partial charge is 0.497 e. The van der Waals surface area contributed by atoms with Gasteiger partial charge in [0.1, 0.15) is 18.1 Å². The Hall–Kier alpha value is -1.21. The van der Waals surface area contributed by atoms with Gasteiger partial charge >= 0.3 is 5.97 Å². The number of carbonyl (C=O) groups excluding carboxylic acids is 2. The zero-order valence-corrected chi connectivity index (χ0v) is 15.5. The molecule has 0 amide bonds. The summed E-state index contributed by atoms with van der Waals surface area (Å²) >= 11 is 4.57. The van der Waals surface area contributed by atoms with Crippen molar-refractivity contribution in [1.29, 1.82) is 0 Å². The van der Waals surface area contributed by atoms with Crippen LogP contribution in [0.2, 0.25) is 0 Å². The summed E-state index contributed by atoms with van der Waals surface area (Å²) in [5, 5.41) is 0.823. The minimum Gasteiger partial charge on any atom is -0.497 e. The van der Waals surface area contributed by atoms with Crippen LogP contribution < -0.4 is 9.47 Å². The van der Waals surface area contributed by atoms with E-state index in [4.69, 9.17) is 14.2 Å². The fourth-order valence-electron chi connectivity index (χ4n) is 2.40. The van der Waals surface area contributed by atoms with Crippen molar-refractivity contribution in [3.05, 3.63) is 18.2 Å². The van der Waals surface area contributed by atoms with Gasteiger partial charge in [-0.1, -0.05) is 34.1 Å². The number of methoxy groups -OCH3 is 2. The standard InChI is InChI=1S/C16H19BrO5S/c1-20-11-5-6-12-13(9-11)23-16(15(19)21-2,7-3-4-8-17)14(18)10-22-12/h5-6,9H,3-4,7-8,10H2,1-2H3. The van der Waals surface area contributed by atoms with Gasteiger partial charge in [-0.3, -0.25) is 9.59 Å². The van der Waals surface area contributed by atoms with Crippen LogP contribution in [-0.4, -0.2) is 42.7 Å². The maximum absolute atomic E-state index is 12.7. The van der Waals surface area contributed by atoms with E-state index >= 15 is 0 Å². The molecule has 1 atom stereocenters. The molecule has 0 radical (unpaired) electrons. The van der Waals surface area contributed by atoms with Crippen molar-refractivity contribution < 1.29 is 23.8 Å². The van der Waals surface area contributed by atoms with E-state index in [9.17, 15) is 9.59 Å². The van der Waals surface area contributed by atoms with Crippen molar-refractivity contribution in [3.63, 3.8) is 0 Å². The first kappa shape index (κ1) is 18.1. The molecule has 0 N–H and O–H groups in total. The van der Waals surface area contributed by atoms with Gasteiger partial charge in [-0.2, -0.15) is 0 Å². The van der Waals surface area contributed by atoms with E-state index in [0.717, 1.165) is 18.2 Å². The maximum atomic E-state index is 12.7. The molecule has 0 spiro atoms. The molecule has 1 aliphatic rings. The van der Waals surface area contributed by atoms with Crippen LogP contribution >= 0.6 is 27.7 Å². The normalized spacial score (nSPS) is 20.2. The molecule has 126 valence electrons. The number of hydrogen-bond acceptors (Lipinski definition) is 6. The van der Waals surface area contributed by atoms with Crippen molar-refractivity contribution in [2.75, 3.05) is 26.2 Å². The third-order valence-electron chi connectivity index (χ3n) is 3.67. The van der Waals surface area contributed by atoms with Gasteiger partial charge in [0.05, 0.1) is 19.1 Å². The number of rotatable bonds is 6. The fourth-order valence-corrected chi connectivity index (χ4v) is 4.16. The highest BCUT2D eigenvalue weighted by molar-refractivity contribution is 9.09. The van der Waals surface area contributed by atoms with Crippen LogP contribution in [-0.2, 0) is 14.3 Å². The zero-order chi connectivity index (χ0) is 16.9. The van der Waals surface area contributed by atoms with Gasteiger partial charge in [0.2, 0.25) is 0 Å². The predicted octanol–water partition coefficient (Wildman–Crippen LogP) is 3.23. The summed E-state index contributed by atoms with van der Waals surface area (Å²) in [6.07, 6.45) is 2.02. The molecule has 0 fully saturated rings. The van der Waals surface area contributed by atoms with Crippen LogP contribution in [0, 0.1) is 0 Å². The molecule has 2 rings (SSSR count). The summed E-state index contributed by atoms with van der Waals surface area (Å²) in [5.41, 5.74) is 0. The van der Waals surface area contributed by atoms with Crippen molar-refractivity contribution >= 4 is 39.4 Å². The molecule has 1 aliphatic heterocycles. The number of fused-ring (bicyclic) bond motifs is 1. The Kier molecular flexibility index (Phi) is 6.35. The molecule has 23 heavy (non-hydrogen) atoms. The Morgan fingerprint density at radius 1 is 1.39 bits per heavy atom. The van der Waals surface area contributed by atoms with Crippen LogP contribution in [0.4, 0.5) is 0 Å².